The van der Waals surface area contributed by atoms with Crippen LogP contribution in [0, 0.1) is 0 Å². The van der Waals surface area contributed by atoms with Crippen molar-refractivity contribution >= 4 is 40.5 Å². The van der Waals surface area contributed by atoms with Crippen molar-refractivity contribution in [3.8, 4) is 0 Å². The van der Waals surface area contributed by atoms with Crippen LogP contribution < -0.4 is 20.9 Å². The van der Waals surface area contributed by atoms with Crippen LogP contribution in [-0.2, 0) is 4.79 Å². The van der Waals surface area contributed by atoms with E-state index in [4.69, 9.17) is 11.6 Å². The lowest BCUT2D eigenvalue weighted by Gasteiger charge is -2.41. The summed E-state index contributed by atoms with van der Waals surface area (Å²) in [5.41, 5.74) is 0.405. The lowest BCUT2D eigenvalue weighted by Crippen LogP contribution is -2.63. The van der Waals surface area contributed by atoms with Crippen molar-refractivity contribution in [2.45, 2.75) is 30.8 Å². The van der Waals surface area contributed by atoms with Gasteiger partial charge < -0.3 is 30.9 Å². The van der Waals surface area contributed by atoms with Crippen LogP contribution in [0.3, 0.4) is 0 Å². The topological polar surface area (TPSA) is 135 Å². The monoisotopic (exact) mass is 485 g/mol. The molecule has 1 unspecified atom stereocenters. The van der Waals surface area contributed by atoms with Gasteiger partial charge in [0, 0.05) is 24.3 Å². The Labute approximate surface area is 202 Å². The zero-order chi connectivity index (χ0) is 24.1. The molecule has 1 aromatic carbocycles. The summed E-state index contributed by atoms with van der Waals surface area (Å²) >= 11 is 6.03. The molecular weight excluding hydrogens is 458 g/mol. The van der Waals surface area contributed by atoms with Gasteiger partial charge in [0.05, 0.1) is 11.4 Å². The molecule has 5 N–H and O–H groups in total. The number of hydrogen-bond acceptors (Lipinski definition) is 6. The molecule has 180 valence electrons. The maximum absolute atomic E-state index is 13.6. The summed E-state index contributed by atoms with van der Waals surface area (Å²) in [4.78, 5) is 39.0. The Kier molecular flexibility index (Phi) is 7.18. The smallest absolute Gasteiger partial charge is 0.405 e. The normalized spacial score (nSPS) is 16.2. The Morgan fingerprint density at radius 1 is 1.21 bits per heavy atom. The number of halogens is 1. The van der Waals surface area contributed by atoms with Gasteiger partial charge in [-0.15, -0.1) is 0 Å². The van der Waals surface area contributed by atoms with E-state index in [9.17, 15) is 14.7 Å². The van der Waals surface area contributed by atoms with Gasteiger partial charge in [-0.3, -0.25) is 4.79 Å². The summed E-state index contributed by atoms with van der Waals surface area (Å²) in [6, 6.07) is 8.93. The standard InChI is InChI=1S/C23H28ClN7O3/c1-25-10-7-18(15-2-4-16(24)5-3-15)29-21(32)23(30-22(33)34)8-12-31(13-9-23)20-17-6-11-26-19(17)27-14-28-20/h2-6,11,14,18,25,30H,7-10,12-13H2,1H3,(H,29,32)(H,33,34)(H,26,27,28). The number of benzene rings is 1. The van der Waals surface area contributed by atoms with Crippen LogP contribution in [0.2, 0.25) is 5.02 Å². The molecule has 10 nitrogen and oxygen atoms in total. The minimum Gasteiger partial charge on any atom is -0.465 e. The first kappa shape index (κ1) is 23.8. The van der Waals surface area contributed by atoms with E-state index in [0.29, 0.717) is 43.9 Å². The number of fused-ring (bicyclic) bond motifs is 1. The SMILES string of the molecule is CNCCC(NC(=O)C1(NC(=O)O)CCN(c2ncnc3[nH]ccc23)CC1)c1ccc(Cl)cc1. The largest absolute Gasteiger partial charge is 0.465 e. The highest BCUT2D eigenvalue weighted by atomic mass is 35.5. The highest BCUT2D eigenvalue weighted by molar-refractivity contribution is 6.30. The summed E-state index contributed by atoms with van der Waals surface area (Å²) in [5.74, 6) is 0.434. The maximum Gasteiger partial charge on any atom is 0.405 e. The van der Waals surface area contributed by atoms with E-state index in [1.165, 1.54) is 6.33 Å². The Hall–Kier alpha value is -3.37. The second-order valence-electron chi connectivity index (χ2n) is 8.41. The molecule has 1 aliphatic heterocycles. The number of rotatable bonds is 8. The quantitative estimate of drug-likeness (QED) is 0.331. The molecule has 1 atom stereocenters. The number of aromatic nitrogens is 3. The Morgan fingerprint density at radius 2 is 1.94 bits per heavy atom. The number of H-pyrrole nitrogens is 1. The number of nitrogens with zero attached hydrogens (tertiary/aromatic N) is 3. The lowest BCUT2D eigenvalue weighted by molar-refractivity contribution is -0.129. The van der Waals surface area contributed by atoms with Crippen LogP contribution in [0.25, 0.3) is 11.0 Å². The number of anilines is 1. The summed E-state index contributed by atoms with van der Waals surface area (Å²) < 4.78 is 0. The Morgan fingerprint density at radius 3 is 2.62 bits per heavy atom. The molecule has 0 saturated carbocycles. The number of piperidine rings is 1. The molecule has 3 aromatic rings. The lowest BCUT2D eigenvalue weighted by atomic mass is 9.85. The Bertz CT molecular complexity index is 1140. The number of carbonyl (C=O) groups excluding carboxylic acids is 1. The van der Waals surface area contributed by atoms with Crippen molar-refractivity contribution in [1.82, 2.24) is 30.9 Å². The Balaban J connectivity index is 1.53. The molecule has 11 heteroatoms. The van der Waals surface area contributed by atoms with Crippen molar-refractivity contribution < 1.29 is 14.7 Å². The zero-order valence-electron chi connectivity index (χ0n) is 18.8. The van der Waals surface area contributed by atoms with E-state index >= 15 is 0 Å². The molecule has 1 aliphatic rings. The third-order valence-corrected chi connectivity index (χ3v) is 6.54. The van der Waals surface area contributed by atoms with Crippen LogP contribution in [0.1, 0.15) is 30.9 Å². The molecule has 4 rings (SSSR count). The summed E-state index contributed by atoms with van der Waals surface area (Å²) in [7, 11) is 1.85. The molecule has 0 radical (unpaired) electrons. The van der Waals surface area contributed by atoms with Gasteiger partial charge in [-0.25, -0.2) is 14.8 Å². The fourth-order valence-electron chi connectivity index (χ4n) is 4.43. The third-order valence-electron chi connectivity index (χ3n) is 6.29. The van der Waals surface area contributed by atoms with E-state index in [-0.39, 0.29) is 11.9 Å². The molecule has 2 amide bonds. The minimum atomic E-state index is -1.24. The first-order chi connectivity index (χ1) is 16.4. The molecule has 3 heterocycles. The molecule has 0 spiro atoms. The zero-order valence-corrected chi connectivity index (χ0v) is 19.6. The van der Waals surface area contributed by atoms with Gasteiger partial charge in [0.2, 0.25) is 5.91 Å². The van der Waals surface area contributed by atoms with Gasteiger partial charge in [-0.1, -0.05) is 23.7 Å². The maximum atomic E-state index is 13.6. The molecule has 1 fully saturated rings. The number of carbonyl (C=O) groups is 2. The average Bonchev–Trinajstić information content (AvgIpc) is 3.31. The molecule has 0 aliphatic carbocycles. The molecule has 2 aromatic heterocycles. The second-order valence-corrected chi connectivity index (χ2v) is 8.84. The summed E-state index contributed by atoms with van der Waals surface area (Å²) in [5, 5.41) is 19.8. The van der Waals surface area contributed by atoms with Gasteiger partial charge >= 0.3 is 6.09 Å². The van der Waals surface area contributed by atoms with Gasteiger partial charge in [-0.2, -0.15) is 0 Å². The van der Waals surface area contributed by atoms with Gasteiger partial charge in [0.15, 0.2) is 0 Å². The van der Waals surface area contributed by atoms with Crippen LogP contribution in [-0.4, -0.2) is 64.3 Å². The van der Waals surface area contributed by atoms with Crippen molar-refractivity contribution in [1.29, 1.82) is 0 Å². The summed E-state index contributed by atoms with van der Waals surface area (Å²) in [6.45, 7) is 1.61. The predicted molar refractivity (Wildman–Crippen MR) is 130 cm³/mol. The highest BCUT2D eigenvalue weighted by Gasteiger charge is 2.44. The van der Waals surface area contributed by atoms with Crippen LogP contribution in [0.5, 0.6) is 0 Å². The van der Waals surface area contributed by atoms with Crippen molar-refractivity contribution in [2.75, 3.05) is 31.6 Å². The van der Waals surface area contributed by atoms with E-state index < -0.39 is 11.6 Å². The third kappa shape index (κ3) is 5.07. The van der Waals surface area contributed by atoms with Crippen molar-refractivity contribution in [3.05, 3.63) is 53.4 Å². The van der Waals surface area contributed by atoms with Gasteiger partial charge in [-0.05, 0) is 56.6 Å². The van der Waals surface area contributed by atoms with E-state index in [1.807, 2.05) is 25.2 Å². The molecule has 34 heavy (non-hydrogen) atoms. The number of hydrogen-bond donors (Lipinski definition) is 5. The number of nitrogens with one attached hydrogen (secondary N) is 4. The van der Waals surface area contributed by atoms with E-state index in [0.717, 1.165) is 22.4 Å². The second kappa shape index (κ2) is 10.3. The first-order valence-electron chi connectivity index (χ1n) is 11.2. The van der Waals surface area contributed by atoms with E-state index in [2.05, 4.69) is 35.8 Å². The van der Waals surface area contributed by atoms with Crippen LogP contribution in [0.15, 0.2) is 42.9 Å². The predicted octanol–water partition coefficient (Wildman–Crippen LogP) is 2.68. The van der Waals surface area contributed by atoms with Crippen LogP contribution in [0.4, 0.5) is 10.6 Å². The van der Waals surface area contributed by atoms with E-state index in [1.54, 1.807) is 18.3 Å². The number of amides is 2. The van der Waals surface area contributed by atoms with Crippen LogP contribution >= 0.6 is 11.6 Å². The first-order valence-corrected chi connectivity index (χ1v) is 11.5. The average molecular weight is 486 g/mol. The fourth-order valence-corrected chi connectivity index (χ4v) is 4.55. The molecular formula is C23H28ClN7O3. The molecule has 1 saturated heterocycles. The molecule has 0 bridgehead atoms. The van der Waals surface area contributed by atoms with Crippen molar-refractivity contribution in [3.63, 3.8) is 0 Å². The number of carboxylic acid groups (broad SMARTS) is 1. The van der Waals surface area contributed by atoms with Gasteiger partial charge in [0.1, 0.15) is 23.3 Å². The number of aromatic amines is 1. The summed E-state index contributed by atoms with van der Waals surface area (Å²) in [6.07, 6.45) is 3.33. The highest BCUT2D eigenvalue weighted by Crippen LogP contribution is 2.30. The minimum absolute atomic E-state index is 0.288. The fraction of sp³-hybridized carbons (Fsp3) is 0.391. The van der Waals surface area contributed by atoms with Gasteiger partial charge in [0.25, 0.3) is 0 Å². The van der Waals surface area contributed by atoms with Crippen molar-refractivity contribution in [2.24, 2.45) is 0 Å².